The molecule has 1 saturated heterocycles. The summed E-state index contributed by atoms with van der Waals surface area (Å²) in [5, 5.41) is 6.18. The van der Waals surface area contributed by atoms with Crippen molar-refractivity contribution in [3.63, 3.8) is 0 Å². The molecule has 0 radical (unpaired) electrons. The molecular formula is C20H21F2N5O. The fraction of sp³-hybridized carbons (Fsp3) is 0.350. The number of hydrogen-bond acceptors (Lipinski definition) is 6. The molecule has 1 fully saturated rings. The van der Waals surface area contributed by atoms with Gasteiger partial charge in [0.25, 0.3) is 0 Å². The summed E-state index contributed by atoms with van der Waals surface area (Å²) >= 11 is 0. The number of piperidine rings is 1. The molecule has 28 heavy (non-hydrogen) atoms. The molecule has 3 heterocycles. The van der Waals surface area contributed by atoms with Crippen molar-refractivity contribution in [3.05, 3.63) is 42.5 Å². The van der Waals surface area contributed by atoms with Crippen LogP contribution in [0.2, 0.25) is 0 Å². The maximum absolute atomic E-state index is 15.0. The van der Waals surface area contributed by atoms with Gasteiger partial charge in [0.15, 0.2) is 17.4 Å². The van der Waals surface area contributed by atoms with Crippen LogP contribution >= 0.6 is 0 Å². The van der Waals surface area contributed by atoms with Crippen LogP contribution in [0, 0.1) is 5.82 Å². The van der Waals surface area contributed by atoms with Crippen molar-refractivity contribution in [2.75, 3.05) is 32.1 Å². The van der Waals surface area contributed by atoms with Crippen LogP contribution in [-0.2, 0) is 0 Å². The van der Waals surface area contributed by atoms with Gasteiger partial charge in [-0.2, -0.15) is 0 Å². The lowest BCUT2D eigenvalue weighted by atomic mass is 9.96. The van der Waals surface area contributed by atoms with Crippen LogP contribution in [0.3, 0.4) is 0 Å². The van der Waals surface area contributed by atoms with E-state index in [1.807, 2.05) is 0 Å². The third-order valence-electron chi connectivity index (χ3n) is 4.90. The highest BCUT2D eigenvalue weighted by Crippen LogP contribution is 2.29. The van der Waals surface area contributed by atoms with E-state index in [0.29, 0.717) is 41.1 Å². The Balaban J connectivity index is 1.70. The Morgan fingerprint density at radius 1 is 1.25 bits per heavy atom. The molecule has 6 nitrogen and oxygen atoms in total. The predicted molar refractivity (Wildman–Crippen MR) is 104 cm³/mol. The number of benzene rings is 1. The summed E-state index contributed by atoms with van der Waals surface area (Å²) in [4.78, 5) is 13.2. The Kier molecular flexibility index (Phi) is 5.04. The molecular weight excluding hydrogens is 364 g/mol. The zero-order valence-electron chi connectivity index (χ0n) is 15.5. The molecule has 0 saturated carbocycles. The van der Waals surface area contributed by atoms with Gasteiger partial charge in [0, 0.05) is 24.5 Å². The van der Waals surface area contributed by atoms with Gasteiger partial charge in [-0.1, -0.05) is 0 Å². The number of fused-ring (bicyclic) bond motifs is 1. The summed E-state index contributed by atoms with van der Waals surface area (Å²) in [5.41, 5.74) is 0.889. The first kappa shape index (κ1) is 18.5. The molecule has 1 aromatic carbocycles. The third-order valence-corrected chi connectivity index (χ3v) is 4.90. The second kappa shape index (κ2) is 7.63. The fourth-order valence-corrected chi connectivity index (χ4v) is 3.39. The first-order valence-corrected chi connectivity index (χ1v) is 9.17. The second-order valence-electron chi connectivity index (χ2n) is 6.91. The highest BCUT2D eigenvalue weighted by molar-refractivity contribution is 5.88. The predicted octanol–water partition coefficient (Wildman–Crippen LogP) is 3.34. The Bertz CT molecular complexity index is 991. The van der Waals surface area contributed by atoms with Crippen molar-refractivity contribution < 1.29 is 13.5 Å². The number of anilines is 1. The summed E-state index contributed by atoms with van der Waals surface area (Å²) in [6, 6.07) is 6.36. The third kappa shape index (κ3) is 3.73. The van der Waals surface area contributed by atoms with Crippen LogP contribution < -0.4 is 15.4 Å². The van der Waals surface area contributed by atoms with E-state index < -0.39 is 11.5 Å². The maximum atomic E-state index is 15.0. The van der Waals surface area contributed by atoms with E-state index >= 15 is 0 Å². The molecule has 8 heteroatoms. The molecule has 1 aliphatic rings. The van der Waals surface area contributed by atoms with Crippen LogP contribution in [0.5, 0.6) is 5.75 Å². The van der Waals surface area contributed by atoms with E-state index in [0.717, 1.165) is 13.0 Å². The monoisotopic (exact) mass is 385 g/mol. The van der Waals surface area contributed by atoms with Crippen molar-refractivity contribution in [2.24, 2.45) is 0 Å². The topological polar surface area (TPSA) is 72.0 Å². The number of methoxy groups -OCH3 is 1. The van der Waals surface area contributed by atoms with Crippen molar-refractivity contribution in [1.82, 2.24) is 20.3 Å². The Morgan fingerprint density at radius 3 is 2.86 bits per heavy atom. The normalized spacial score (nSPS) is 19.5. The highest BCUT2D eigenvalue weighted by atomic mass is 19.1. The van der Waals surface area contributed by atoms with Crippen molar-refractivity contribution in [3.8, 4) is 17.0 Å². The van der Waals surface area contributed by atoms with Crippen LogP contribution in [-0.4, -0.2) is 47.4 Å². The van der Waals surface area contributed by atoms with Crippen molar-refractivity contribution in [1.29, 1.82) is 0 Å². The molecule has 0 aliphatic carbocycles. The molecule has 0 spiro atoms. The summed E-state index contributed by atoms with van der Waals surface area (Å²) in [7, 11) is 1.41. The molecule has 1 aliphatic heterocycles. The number of rotatable bonds is 5. The quantitative estimate of drug-likeness (QED) is 0.702. The Morgan fingerprint density at radius 2 is 2.11 bits per heavy atom. The average Bonchev–Trinajstić information content (AvgIpc) is 2.72. The number of aromatic nitrogens is 3. The van der Waals surface area contributed by atoms with Crippen LogP contribution in [0.4, 0.5) is 14.6 Å². The Labute approximate surface area is 161 Å². The number of pyridine rings is 1. The lowest BCUT2D eigenvalue weighted by Gasteiger charge is -2.30. The van der Waals surface area contributed by atoms with Gasteiger partial charge >= 0.3 is 0 Å². The smallest absolute Gasteiger partial charge is 0.165 e. The number of hydrogen-bond donors (Lipinski definition) is 2. The van der Waals surface area contributed by atoms with Gasteiger partial charge < -0.3 is 15.4 Å². The second-order valence-corrected chi connectivity index (χ2v) is 6.91. The van der Waals surface area contributed by atoms with Crippen molar-refractivity contribution in [2.45, 2.75) is 18.5 Å². The van der Waals surface area contributed by atoms with Gasteiger partial charge in [0.2, 0.25) is 0 Å². The standard InChI is InChI=1S/C20H21F2N5O/c1-28-17-4-3-13(9-14(17)21)15-10-16-18(25-8-7-24-16)19(27-15)26-12-20(22)5-2-6-23-11-20/h3-4,7-10,23H,2,5-6,11-12H2,1H3,(H,26,27). The lowest BCUT2D eigenvalue weighted by molar-refractivity contribution is 0.137. The van der Waals surface area contributed by atoms with Crippen LogP contribution in [0.1, 0.15) is 12.8 Å². The van der Waals surface area contributed by atoms with Gasteiger partial charge in [-0.25, -0.2) is 18.7 Å². The zero-order valence-corrected chi connectivity index (χ0v) is 15.5. The van der Waals surface area contributed by atoms with E-state index in [1.165, 1.54) is 13.2 Å². The van der Waals surface area contributed by atoms with Gasteiger partial charge in [0.05, 0.1) is 24.9 Å². The summed E-state index contributed by atoms with van der Waals surface area (Å²) in [6.45, 7) is 1.24. The highest BCUT2D eigenvalue weighted by Gasteiger charge is 2.31. The molecule has 1 atom stereocenters. The first-order valence-electron chi connectivity index (χ1n) is 9.17. The molecule has 3 aromatic rings. The minimum Gasteiger partial charge on any atom is -0.494 e. The number of halogens is 2. The number of ether oxygens (including phenoxy) is 1. The maximum Gasteiger partial charge on any atom is 0.165 e. The number of alkyl halides is 1. The minimum atomic E-state index is -1.35. The number of nitrogens with one attached hydrogen (secondary N) is 2. The SMILES string of the molecule is COc1ccc(-c2cc3nccnc3c(NCC3(F)CCCNC3)n2)cc1F. The van der Waals surface area contributed by atoms with E-state index in [-0.39, 0.29) is 12.3 Å². The fourth-order valence-electron chi connectivity index (χ4n) is 3.39. The molecule has 0 bridgehead atoms. The van der Waals surface area contributed by atoms with Gasteiger partial charge in [-0.15, -0.1) is 0 Å². The summed E-state index contributed by atoms with van der Waals surface area (Å²) in [6.07, 6.45) is 4.42. The van der Waals surface area contributed by atoms with Crippen molar-refractivity contribution >= 4 is 16.9 Å². The lowest BCUT2D eigenvalue weighted by Crippen LogP contribution is -2.46. The molecule has 2 N–H and O–H groups in total. The molecule has 1 unspecified atom stereocenters. The van der Waals surface area contributed by atoms with Gasteiger partial charge in [0.1, 0.15) is 11.2 Å². The molecule has 0 amide bonds. The summed E-state index contributed by atoms with van der Waals surface area (Å²) in [5.74, 6) is 0.109. The Hall–Kier alpha value is -2.87. The van der Waals surface area contributed by atoms with E-state index in [9.17, 15) is 8.78 Å². The molecule has 146 valence electrons. The largest absolute Gasteiger partial charge is 0.494 e. The first-order chi connectivity index (χ1) is 13.6. The van der Waals surface area contributed by atoms with Crippen LogP contribution in [0.15, 0.2) is 36.7 Å². The zero-order chi connectivity index (χ0) is 19.6. The van der Waals surface area contributed by atoms with Crippen LogP contribution in [0.25, 0.3) is 22.3 Å². The summed E-state index contributed by atoms with van der Waals surface area (Å²) < 4.78 is 34.1. The van der Waals surface area contributed by atoms with E-state index in [2.05, 4.69) is 25.6 Å². The van der Waals surface area contributed by atoms with Gasteiger partial charge in [-0.3, -0.25) is 4.98 Å². The molecule has 4 rings (SSSR count). The average molecular weight is 385 g/mol. The van der Waals surface area contributed by atoms with E-state index in [4.69, 9.17) is 4.74 Å². The number of nitrogens with zero attached hydrogens (tertiary/aromatic N) is 3. The van der Waals surface area contributed by atoms with Gasteiger partial charge in [-0.05, 0) is 43.7 Å². The minimum absolute atomic E-state index is 0.110. The molecule has 2 aromatic heterocycles. The van der Waals surface area contributed by atoms with E-state index in [1.54, 1.807) is 30.6 Å².